The maximum Gasteiger partial charge on any atom is 0.146 e. The highest BCUT2D eigenvalue weighted by atomic mass is 16.3. The van der Waals surface area contributed by atoms with Crippen LogP contribution in [0.2, 0.25) is 0 Å². The number of nitrogen functional groups attached to an aromatic ring is 2. The van der Waals surface area contributed by atoms with Gasteiger partial charge in [-0.15, -0.1) is 0 Å². The molecule has 0 saturated heterocycles. The Morgan fingerprint density at radius 1 is 0.415 bits per heavy atom. The van der Waals surface area contributed by atoms with Gasteiger partial charge in [-0.25, -0.2) is 0 Å². The summed E-state index contributed by atoms with van der Waals surface area (Å²) >= 11 is 0. The number of benzene rings is 6. The van der Waals surface area contributed by atoms with Gasteiger partial charge in [0.05, 0.1) is 11.4 Å². The van der Waals surface area contributed by atoms with Gasteiger partial charge in [-0.1, -0.05) is 109 Å². The molecule has 198 valence electrons. The molecule has 0 fully saturated rings. The van der Waals surface area contributed by atoms with E-state index < -0.39 is 0 Å². The molecule has 7 rings (SSSR count). The summed E-state index contributed by atoms with van der Waals surface area (Å²) in [6.45, 7) is 0. The predicted molar refractivity (Wildman–Crippen MR) is 169 cm³/mol. The quantitative estimate of drug-likeness (QED) is 0.135. The summed E-state index contributed by atoms with van der Waals surface area (Å²) in [7, 11) is 0. The zero-order valence-electron chi connectivity index (χ0n) is 22.3. The SMILES string of the molecule is Nc1ccc(-c2ccc3c(c2-c2ccc(N)c(O)c2-c2ccccc2)Cc2ccccc2-3)c(-c2ccccc2)c1O. The second-order valence-corrected chi connectivity index (χ2v) is 10.4. The van der Waals surface area contributed by atoms with E-state index in [4.69, 9.17) is 11.5 Å². The highest BCUT2D eigenvalue weighted by Crippen LogP contribution is 2.53. The van der Waals surface area contributed by atoms with Crippen molar-refractivity contribution >= 4 is 11.4 Å². The van der Waals surface area contributed by atoms with Crippen molar-refractivity contribution < 1.29 is 10.2 Å². The van der Waals surface area contributed by atoms with Gasteiger partial charge in [0.25, 0.3) is 0 Å². The standard InChI is InChI=1S/C37H28N2O2/c38-31-19-17-27(33(36(31)40)22-9-3-1-4-10-22)28-16-15-26-25-14-8-7-13-24(25)21-30(26)35(28)29-18-20-32(39)37(41)34(29)23-11-5-2-6-12-23/h1-20,40-41H,21,38-39H2. The van der Waals surface area contributed by atoms with Gasteiger partial charge < -0.3 is 21.7 Å². The van der Waals surface area contributed by atoms with Crippen LogP contribution in [-0.4, -0.2) is 10.2 Å². The first kappa shape index (κ1) is 24.6. The second kappa shape index (κ2) is 9.61. The highest BCUT2D eigenvalue weighted by molar-refractivity contribution is 6.04. The van der Waals surface area contributed by atoms with Crippen molar-refractivity contribution in [2.24, 2.45) is 0 Å². The highest BCUT2D eigenvalue weighted by Gasteiger charge is 2.28. The average molecular weight is 533 g/mol. The van der Waals surface area contributed by atoms with Crippen LogP contribution < -0.4 is 11.5 Å². The summed E-state index contributed by atoms with van der Waals surface area (Å²) in [5, 5.41) is 22.7. The van der Waals surface area contributed by atoms with Crippen LogP contribution in [0, 0.1) is 0 Å². The van der Waals surface area contributed by atoms with Gasteiger partial charge in [-0.05, 0) is 74.2 Å². The second-order valence-electron chi connectivity index (χ2n) is 10.4. The number of hydrogen-bond acceptors (Lipinski definition) is 4. The summed E-state index contributed by atoms with van der Waals surface area (Å²) in [5.41, 5.74) is 24.7. The Balaban J connectivity index is 1.61. The maximum absolute atomic E-state index is 11.4. The van der Waals surface area contributed by atoms with Gasteiger partial charge in [0.1, 0.15) is 11.5 Å². The summed E-state index contributed by atoms with van der Waals surface area (Å²) in [5.74, 6) is 0.100. The Hall–Kier alpha value is -5.48. The molecular weight excluding hydrogens is 504 g/mol. The molecular formula is C37H28N2O2. The summed E-state index contributed by atoms with van der Waals surface area (Å²) in [6.07, 6.45) is 0.746. The molecule has 41 heavy (non-hydrogen) atoms. The molecule has 0 unspecified atom stereocenters. The Bertz CT molecular complexity index is 1950. The molecule has 1 aliphatic rings. The molecule has 0 spiro atoms. The van der Waals surface area contributed by atoms with E-state index in [0.29, 0.717) is 22.5 Å². The predicted octanol–water partition coefficient (Wildman–Crippen LogP) is 8.50. The van der Waals surface area contributed by atoms with Gasteiger partial charge in [0.2, 0.25) is 0 Å². The number of aromatic hydroxyl groups is 2. The monoisotopic (exact) mass is 532 g/mol. The molecule has 6 N–H and O–H groups in total. The fraction of sp³-hybridized carbons (Fsp3) is 0.0270. The van der Waals surface area contributed by atoms with Crippen LogP contribution in [0.4, 0.5) is 11.4 Å². The van der Waals surface area contributed by atoms with Crippen molar-refractivity contribution in [3.8, 4) is 67.1 Å². The molecule has 6 aromatic carbocycles. The third kappa shape index (κ3) is 3.92. The third-order valence-corrected chi connectivity index (χ3v) is 8.09. The Morgan fingerprint density at radius 2 is 0.878 bits per heavy atom. The van der Waals surface area contributed by atoms with E-state index in [-0.39, 0.29) is 11.5 Å². The summed E-state index contributed by atoms with van der Waals surface area (Å²) < 4.78 is 0. The largest absolute Gasteiger partial charge is 0.505 e. The van der Waals surface area contributed by atoms with Crippen LogP contribution in [0.25, 0.3) is 55.6 Å². The number of rotatable bonds is 4. The van der Waals surface area contributed by atoms with E-state index >= 15 is 0 Å². The number of hydrogen-bond donors (Lipinski definition) is 4. The van der Waals surface area contributed by atoms with Crippen molar-refractivity contribution in [3.63, 3.8) is 0 Å². The van der Waals surface area contributed by atoms with E-state index in [9.17, 15) is 10.2 Å². The summed E-state index contributed by atoms with van der Waals surface area (Å²) in [6, 6.07) is 39.9. The molecule has 4 nitrogen and oxygen atoms in total. The number of phenols is 2. The van der Waals surface area contributed by atoms with E-state index in [1.54, 1.807) is 12.1 Å². The normalized spacial score (nSPS) is 11.7. The lowest BCUT2D eigenvalue weighted by Gasteiger charge is -2.22. The first-order chi connectivity index (χ1) is 20.0. The summed E-state index contributed by atoms with van der Waals surface area (Å²) in [4.78, 5) is 0. The molecule has 0 radical (unpaired) electrons. The van der Waals surface area contributed by atoms with Crippen molar-refractivity contribution in [3.05, 3.63) is 132 Å². The first-order valence-corrected chi connectivity index (χ1v) is 13.6. The smallest absolute Gasteiger partial charge is 0.146 e. The minimum atomic E-state index is 0.0480. The molecule has 0 saturated carbocycles. The Kier molecular flexibility index (Phi) is 5.76. The van der Waals surface area contributed by atoms with Gasteiger partial charge in [0, 0.05) is 11.1 Å². The maximum atomic E-state index is 11.4. The molecule has 0 atom stereocenters. The minimum absolute atomic E-state index is 0.0480. The van der Waals surface area contributed by atoms with Gasteiger partial charge >= 0.3 is 0 Å². The zero-order chi connectivity index (χ0) is 28.1. The topological polar surface area (TPSA) is 92.5 Å². The molecule has 6 aromatic rings. The molecule has 0 amide bonds. The lowest BCUT2D eigenvalue weighted by molar-refractivity contribution is 0.479. The fourth-order valence-electron chi connectivity index (χ4n) is 6.18. The molecule has 1 aliphatic carbocycles. The molecule has 0 aliphatic heterocycles. The number of fused-ring (bicyclic) bond motifs is 3. The van der Waals surface area contributed by atoms with Crippen LogP contribution in [-0.2, 0) is 6.42 Å². The van der Waals surface area contributed by atoms with Crippen LogP contribution in [0.15, 0.2) is 121 Å². The molecule has 0 bridgehead atoms. The van der Waals surface area contributed by atoms with Crippen LogP contribution >= 0.6 is 0 Å². The van der Waals surface area contributed by atoms with Crippen LogP contribution in [0.5, 0.6) is 11.5 Å². The number of phenolic OH excluding ortho intramolecular Hbond substituents is 2. The molecule has 4 heteroatoms. The first-order valence-electron chi connectivity index (χ1n) is 13.6. The fourth-order valence-corrected chi connectivity index (χ4v) is 6.18. The zero-order valence-corrected chi connectivity index (χ0v) is 22.3. The van der Waals surface area contributed by atoms with Crippen molar-refractivity contribution in [2.45, 2.75) is 6.42 Å². The van der Waals surface area contributed by atoms with Crippen LogP contribution in [0.1, 0.15) is 11.1 Å². The number of nitrogens with two attached hydrogens (primary N) is 2. The molecule has 0 heterocycles. The lowest BCUT2D eigenvalue weighted by atomic mass is 9.82. The minimum Gasteiger partial charge on any atom is -0.505 e. The van der Waals surface area contributed by atoms with Gasteiger partial charge in [-0.3, -0.25) is 0 Å². The van der Waals surface area contributed by atoms with E-state index in [1.165, 1.54) is 16.7 Å². The number of anilines is 2. The van der Waals surface area contributed by atoms with E-state index in [0.717, 1.165) is 45.4 Å². The van der Waals surface area contributed by atoms with Gasteiger partial charge in [0.15, 0.2) is 0 Å². The van der Waals surface area contributed by atoms with E-state index in [1.807, 2.05) is 72.8 Å². The van der Waals surface area contributed by atoms with Crippen molar-refractivity contribution in [1.29, 1.82) is 0 Å². The van der Waals surface area contributed by atoms with Crippen molar-refractivity contribution in [2.75, 3.05) is 11.5 Å². The Morgan fingerprint density at radius 3 is 1.51 bits per heavy atom. The van der Waals surface area contributed by atoms with Crippen LogP contribution in [0.3, 0.4) is 0 Å². The van der Waals surface area contributed by atoms with E-state index in [2.05, 4.69) is 36.4 Å². The van der Waals surface area contributed by atoms with Crippen molar-refractivity contribution in [1.82, 2.24) is 0 Å². The lowest BCUT2D eigenvalue weighted by Crippen LogP contribution is -1.99. The average Bonchev–Trinajstić information content (AvgIpc) is 3.39. The third-order valence-electron chi connectivity index (χ3n) is 8.09. The van der Waals surface area contributed by atoms with Gasteiger partial charge in [-0.2, -0.15) is 0 Å². The Labute approximate surface area is 238 Å². The molecule has 0 aromatic heterocycles.